The maximum Gasteiger partial charge on any atom is 0.222 e. The van der Waals surface area contributed by atoms with Crippen LogP contribution in [0.5, 0.6) is 0 Å². The van der Waals surface area contributed by atoms with Gasteiger partial charge in [-0.15, -0.1) is 0 Å². The third kappa shape index (κ3) is 3.53. The van der Waals surface area contributed by atoms with Gasteiger partial charge in [-0.25, -0.2) is 23.7 Å². The van der Waals surface area contributed by atoms with E-state index in [1.165, 1.54) is 12.1 Å². The highest BCUT2D eigenvalue weighted by Gasteiger charge is 2.25. The van der Waals surface area contributed by atoms with Crippen molar-refractivity contribution in [3.05, 3.63) is 53.5 Å². The summed E-state index contributed by atoms with van der Waals surface area (Å²) in [6.45, 7) is 1.34. The number of aliphatic hydroxyl groups excluding tert-OH is 1. The van der Waals surface area contributed by atoms with Crippen LogP contribution in [0, 0.1) is 11.6 Å². The van der Waals surface area contributed by atoms with Gasteiger partial charge in [0.25, 0.3) is 0 Å². The molecule has 1 fully saturated rings. The minimum absolute atomic E-state index is 0.00241. The molecule has 0 saturated carbocycles. The molecule has 150 valence electrons. The molecule has 1 atom stereocenters. The molecular formula is C20H20F2N6O. The van der Waals surface area contributed by atoms with E-state index < -0.39 is 11.6 Å². The van der Waals surface area contributed by atoms with E-state index >= 15 is 0 Å². The van der Waals surface area contributed by atoms with Gasteiger partial charge in [-0.2, -0.15) is 0 Å². The summed E-state index contributed by atoms with van der Waals surface area (Å²) < 4.78 is 26.8. The van der Waals surface area contributed by atoms with Gasteiger partial charge in [0.1, 0.15) is 0 Å². The van der Waals surface area contributed by atoms with Crippen LogP contribution in [0.3, 0.4) is 0 Å². The number of aromatic nitrogens is 4. The summed E-state index contributed by atoms with van der Waals surface area (Å²) in [5.41, 5.74) is 3.23. The van der Waals surface area contributed by atoms with Crippen molar-refractivity contribution in [3.63, 3.8) is 0 Å². The Morgan fingerprint density at radius 1 is 1.03 bits per heavy atom. The zero-order valence-electron chi connectivity index (χ0n) is 15.6. The molecule has 2 aliphatic rings. The van der Waals surface area contributed by atoms with Gasteiger partial charge in [-0.3, -0.25) is 0 Å². The predicted octanol–water partition coefficient (Wildman–Crippen LogP) is 2.30. The molecule has 29 heavy (non-hydrogen) atoms. The molecule has 1 aliphatic carbocycles. The first-order chi connectivity index (χ1) is 14.0. The standard InChI is InChI=1S/C20H20F2N6O/c21-16-5-11-3-14(4-12(11)6-17(16)22)26-19-23-7-13(8-24-19)18-9-25-20(27-18)28-2-1-15(29)10-28/h5-9,14-15,29H,1-4,10H2,(H,25,27)(H,23,24,26). The molecule has 0 amide bonds. The summed E-state index contributed by atoms with van der Waals surface area (Å²) in [5.74, 6) is -0.434. The van der Waals surface area contributed by atoms with Crippen molar-refractivity contribution in [2.45, 2.75) is 31.4 Å². The van der Waals surface area contributed by atoms with Crippen LogP contribution in [0.25, 0.3) is 11.3 Å². The van der Waals surface area contributed by atoms with E-state index in [4.69, 9.17) is 0 Å². The maximum absolute atomic E-state index is 13.4. The van der Waals surface area contributed by atoms with Crippen LogP contribution in [0.2, 0.25) is 0 Å². The molecular weight excluding hydrogens is 378 g/mol. The quantitative estimate of drug-likeness (QED) is 0.625. The van der Waals surface area contributed by atoms with Crippen molar-refractivity contribution in [1.82, 2.24) is 19.9 Å². The largest absolute Gasteiger partial charge is 0.391 e. The Bertz CT molecular complexity index is 1010. The van der Waals surface area contributed by atoms with Crippen LogP contribution < -0.4 is 10.2 Å². The van der Waals surface area contributed by atoms with E-state index in [0.29, 0.717) is 25.3 Å². The van der Waals surface area contributed by atoms with Gasteiger partial charge >= 0.3 is 0 Å². The monoisotopic (exact) mass is 398 g/mol. The number of hydrogen-bond acceptors (Lipinski definition) is 6. The summed E-state index contributed by atoms with van der Waals surface area (Å²) >= 11 is 0. The first-order valence-corrected chi connectivity index (χ1v) is 9.59. The third-order valence-electron chi connectivity index (χ3n) is 5.50. The number of nitrogens with zero attached hydrogens (tertiary/aromatic N) is 4. The van der Waals surface area contributed by atoms with Crippen molar-refractivity contribution in [1.29, 1.82) is 0 Å². The minimum atomic E-state index is -0.813. The van der Waals surface area contributed by atoms with Crippen molar-refractivity contribution >= 4 is 11.9 Å². The molecule has 5 rings (SSSR count). The number of hydrogen-bond donors (Lipinski definition) is 3. The van der Waals surface area contributed by atoms with E-state index in [2.05, 4.69) is 25.3 Å². The van der Waals surface area contributed by atoms with E-state index in [-0.39, 0.29) is 12.1 Å². The van der Waals surface area contributed by atoms with Crippen molar-refractivity contribution in [2.24, 2.45) is 0 Å². The van der Waals surface area contributed by atoms with Crippen LogP contribution in [0.1, 0.15) is 17.5 Å². The lowest BCUT2D eigenvalue weighted by Gasteiger charge is -2.13. The molecule has 1 aromatic carbocycles. The highest BCUT2D eigenvalue weighted by atomic mass is 19.2. The lowest BCUT2D eigenvalue weighted by atomic mass is 10.1. The maximum atomic E-state index is 13.4. The first-order valence-electron chi connectivity index (χ1n) is 9.59. The number of halogens is 2. The molecule has 3 aromatic rings. The van der Waals surface area contributed by atoms with E-state index in [1.54, 1.807) is 18.6 Å². The summed E-state index contributed by atoms with van der Waals surface area (Å²) in [7, 11) is 0. The fraction of sp³-hybridized carbons (Fsp3) is 0.350. The summed E-state index contributed by atoms with van der Waals surface area (Å²) in [4.78, 5) is 18.4. The number of fused-ring (bicyclic) bond motifs is 1. The second kappa shape index (κ2) is 7.07. The zero-order chi connectivity index (χ0) is 20.0. The minimum Gasteiger partial charge on any atom is -0.391 e. The van der Waals surface area contributed by atoms with Crippen molar-refractivity contribution < 1.29 is 13.9 Å². The molecule has 0 bridgehead atoms. The van der Waals surface area contributed by atoms with Gasteiger partial charge < -0.3 is 20.3 Å². The predicted molar refractivity (Wildman–Crippen MR) is 104 cm³/mol. The Morgan fingerprint density at radius 3 is 2.34 bits per heavy atom. The molecule has 3 heterocycles. The Hall–Kier alpha value is -3.07. The lowest BCUT2D eigenvalue weighted by Crippen LogP contribution is -2.22. The van der Waals surface area contributed by atoms with Crippen LogP contribution in [0.4, 0.5) is 20.7 Å². The third-order valence-corrected chi connectivity index (χ3v) is 5.50. The number of aromatic amines is 1. The number of β-amino-alcohol motifs (C(OH)–C–C–N with tert-alkyl or cyclic N) is 1. The lowest BCUT2D eigenvalue weighted by molar-refractivity contribution is 0.198. The number of rotatable bonds is 4. The number of H-pyrrole nitrogens is 1. The van der Waals surface area contributed by atoms with Crippen LogP contribution in [-0.2, 0) is 12.8 Å². The number of benzene rings is 1. The van der Waals surface area contributed by atoms with Gasteiger partial charge in [-0.1, -0.05) is 0 Å². The topological polar surface area (TPSA) is 90.0 Å². The Morgan fingerprint density at radius 2 is 1.72 bits per heavy atom. The second-order valence-electron chi connectivity index (χ2n) is 7.59. The number of nitrogens with one attached hydrogen (secondary N) is 2. The molecule has 1 saturated heterocycles. The van der Waals surface area contributed by atoms with Gasteiger partial charge in [0.05, 0.1) is 18.0 Å². The van der Waals surface area contributed by atoms with Crippen molar-refractivity contribution in [3.8, 4) is 11.3 Å². The fourth-order valence-electron chi connectivity index (χ4n) is 3.99. The van der Waals surface area contributed by atoms with E-state index in [1.807, 2.05) is 4.90 Å². The number of imidazole rings is 1. The SMILES string of the molecule is OC1CCN(c2ncc(-c3cnc(NC4Cc5cc(F)c(F)cc5C4)nc3)[nH]2)C1. The number of anilines is 2. The summed E-state index contributed by atoms with van der Waals surface area (Å²) in [6.07, 6.45) is 6.76. The normalized spacial score (nSPS) is 19.0. The molecule has 0 spiro atoms. The fourth-order valence-corrected chi connectivity index (χ4v) is 3.99. The molecule has 1 aliphatic heterocycles. The van der Waals surface area contributed by atoms with E-state index in [0.717, 1.165) is 41.3 Å². The molecule has 1 unspecified atom stereocenters. The summed E-state index contributed by atoms with van der Waals surface area (Å²) in [5, 5.41) is 12.9. The Kier molecular flexibility index (Phi) is 4.39. The second-order valence-corrected chi connectivity index (χ2v) is 7.59. The van der Waals surface area contributed by atoms with Gasteiger partial charge in [0.15, 0.2) is 11.6 Å². The molecule has 0 radical (unpaired) electrons. The molecule has 9 heteroatoms. The van der Waals surface area contributed by atoms with Crippen molar-refractivity contribution in [2.75, 3.05) is 23.3 Å². The van der Waals surface area contributed by atoms with Crippen LogP contribution >= 0.6 is 0 Å². The highest BCUT2D eigenvalue weighted by Crippen LogP contribution is 2.27. The molecule has 3 N–H and O–H groups in total. The van der Waals surface area contributed by atoms with Gasteiger partial charge in [-0.05, 0) is 42.5 Å². The summed E-state index contributed by atoms with van der Waals surface area (Å²) in [6, 6.07) is 2.54. The van der Waals surface area contributed by atoms with E-state index in [9.17, 15) is 13.9 Å². The number of aliphatic hydroxyl groups is 1. The molecule has 2 aromatic heterocycles. The average Bonchev–Trinajstić information content (AvgIpc) is 3.42. The Labute approximate surface area is 165 Å². The zero-order valence-corrected chi connectivity index (χ0v) is 15.6. The van der Waals surface area contributed by atoms with Gasteiger partial charge in [0, 0.05) is 37.1 Å². The van der Waals surface area contributed by atoms with Crippen LogP contribution in [0.15, 0.2) is 30.7 Å². The first kappa shape index (κ1) is 18.0. The molecule has 7 nitrogen and oxygen atoms in total. The Balaban J connectivity index is 1.25. The van der Waals surface area contributed by atoms with Gasteiger partial charge in [0.2, 0.25) is 11.9 Å². The smallest absolute Gasteiger partial charge is 0.222 e. The highest BCUT2D eigenvalue weighted by molar-refractivity contribution is 5.59. The average molecular weight is 398 g/mol. The van der Waals surface area contributed by atoms with Crippen LogP contribution in [-0.4, -0.2) is 50.3 Å².